The molecule has 7 rings (SSSR count). The van der Waals surface area contributed by atoms with Gasteiger partial charge in [-0.3, -0.25) is 19.4 Å². The first-order valence-electron chi connectivity index (χ1n) is 12.5. The van der Waals surface area contributed by atoms with Crippen LogP contribution in [0.15, 0.2) is 120 Å². The molecule has 2 fully saturated rings. The zero-order valence-electron chi connectivity index (χ0n) is 20.2. The van der Waals surface area contributed by atoms with Gasteiger partial charge in [-0.2, -0.15) is 0 Å². The van der Waals surface area contributed by atoms with E-state index < -0.39 is 23.9 Å². The Hall–Kier alpha value is -5.04. The minimum Gasteiger partial charge on any atom is -0.273 e. The van der Waals surface area contributed by atoms with E-state index in [1.54, 1.807) is 48.5 Å². The van der Waals surface area contributed by atoms with Crippen molar-refractivity contribution in [3.05, 3.63) is 126 Å². The van der Waals surface area contributed by atoms with Gasteiger partial charge in [-0.05, 0) is 42.0 Å². The summed E-state index contributed by atoms with van der Waals surface area (Å²) in [5.74, 6) is -1.94. The molecule has 3 aliphatic heterocycles. The minimum absolute atomic E-state index is 0.340. The molecule has 7 nitrogen and oxygen atoms in total. The van der Waals surface area contributed by atoms with Gasteiger partial charge in [0.05, 0.1) is 28.7 Å². The number of rotatable bonds is 3. The molecule has 3 amide bonds. The molecule has 0 radical (unpaired) electrons. The van der Waals surface area contributed by atoms with Crippen LogP contribution in [0.3, 0.4) is 0 Å². The number of nitrogens with zero attached hydrogens (tertiary/aromatic N) is 4. The van der Waals surface area contributed by atoms with Crippen LogP contribution in [0.5, 0.6) is 0 Å². The van der Waals surface area contributed by atoms with Crippen molar-refractivity contribution in [2.24, 2.45) is 10.9 Å². The largest absolute Gasteiger partial charge is 0.273 e. The second kappa shape index (κ2) is 8.52. The predicted molar refractivity (Wildman–Crippen MR) is 144 cm³/mol. The molecular formula is C31H22N4O3. The summed E-state index contributed by atoms with van der Waals surface area (Å²) in [7, 11) is 0. The Balaban J connectivity index is 1.46. The third kappa shape index (κ3) is 3.15. The van der Waals surface area contributed by atoms with Gasteiger partial charge in [-0.15, -0.1) is 0 Å². The summed E-state index contributed by atoms with van der Waals surface area (Å²) in [6, 6.07) is 33.3. The number of carbonyl (C=O) groups excluding carboxylic acids is 3. The van der Waals surface area contributed by atoms with Crippen molar-refractivity contribution in [3.8, 4) is 0 Å². The SMILES string of the molecule is O=C1C2C(C(=O)N1c1ccccc1)N(C(=O)c1ccccc1)N1c3ccccc3N=C(c3ccccc3)C21. The molecule has 3 aliphatic rings. The number of anilines is 2. The molecule has 0 bridgehead atoms. The van der Waals surface area contributed by atoms with E-state index in [2.05, 4.69) is 0 Å². The second-order valence-corrected chi connectivity index (χ2v) is 9.47. The summed E-state index contributed by atoms with van der Waals surface area (Å²) in [6.45, 7) is 0. The molecule has 0 saturated carbocycles. The number of hydrogen-bond acceptors (Lipinski definition) is 5. The van der Waals surface area contributed by atoms with E-state index in [4.69, 9.17) is 4.99 Å². The monoisotopic (exact) mass is 498 g/mol. The Labute approximate surface area is 219 Å². The van der Waals surface area contributed by atoms with Gasteiger partial charge in [0.15, 0.2) is 0 Å². The number of hydrogen-bond donors (Lipinski definition) is 0. The highest BCUT2D eigenvalue weighted by atomic mass is 16.2. The first-order valence-corrected chi connectivity index (χ1v) is 12.5. The number of amides is 3. The number of hydrazine groups is 1. The van der Waals surface area contributed by atoms with Gasteiger partial charge in [0.25, 0.3) is 11.8 Å². The fourth-order valence-electron chi connectivity index (χ4n) is 5.78. The van der Waals surface area contributed by atoms with E-state index in [0.29, 0.717) is 28.3 Å². The molecule has 4 aromatic carbocycles. The molecule has 0 spiro atoms. The summed E-state index contributed by atoms with van der Waals surface area (Å²) in [5.41, 5.74) is 3.77. The van der Waals surface area contributed by atoms with E-state index >= 15 is 0 Å². The number of para-hydroxylation sites is 3. The number of imide groups is 1. The molecule has 2 saturated heterocycles. The molecular weight excluding hydrogens is 476 g/mol. The van der Waals surface area contributed by atoms with Crippen molar-refractivity contribution in [2.45, 2.75) is 12.1 Å². The van der Waals surface area contributed by atoms with E-state index in [1.165, 1.54) is 9.91 Å². The Bertz CT molecular complexity index is 1600. The van der Waals surface area contributed by atoms with Crippen molar-refractivity contribution < 1.29 is 14.4 Å². The standard InChI is InChI=1S/C31H22N4O3/c36-29(21-14-6-2-7-15-21)35-28-25(30(37)33(31(28)38)22-16-8-3-9-17-22)27-26(20-12-4-1-5-13-20)32-23-18-10-11-19-24(23)34(27)35/h1-19,25,27-28H. The minimum atomic E-state index is -1.01. The van der Waals surface area contributed by atoms with Crippen LogP contribution in [0, 0.1) is 5.92 Å². The van der Waals surface area contributed by atoms with Crippen molar-refractivity contribution in [1.29, 1.82) is 0 Å². The summed E-state index contributed by atoms with van der Waals surface area (Å²) in [6.07, 6.45) is 0. The summed E-state index contributed by atoms with van der Waals surface area (Å²) < 4.78 is 0. The van der Waals surface area contributed by atoms with Gasteiger partial charge >= 0.3 is 0 Å². The molecule has 0 N–H and O–H groups in total. The van der Waals surface area contributed by atoms with Gasteiger partial charge < -0.3 is 0 Å². The highest BCUT2D eigenvalue weighted by Gasteiger charge is 2.65. The summed E-state index contributed by atoms with van der Waals surface area (Å²) >= 11 is 0. The maximum Gasteiger partial charge on any atom is 0.273 e. The van der Waals surface area contributed by atoms with E-state index in [-0.39, 0.29) is 11.8 Å². The van der Waals surface area contributed by atoms with Crippen LogP contribution in [-0.4, -0.2) is 40.5 Å². The van der Waals surface area contributed by atoms with Gasteiger partial charge in [0, 0.05) is 5.56 Å². The molecule has 3 unspecified atom stereocenters. The zero-order chi connectivity index (χ0) is 25.8. The Morgan fingerprint density at radius 3 is 1.97 bits per heavy atom. The molecule has 3 atom stereocenters. The number of benzene rings is 4. The number of aliphatic imine (C=N–C) groups is 1. The van der Waals surface area contributed by atoms with Crippen LogP contribution in [0.2, 0.25) is 0 Å². The smallest absolute Gasteiger partial charge is 0.273 e. The Morgan fingerprint density at radius 1 is 0.658 bits per heavy atom. The van der Waals surface area contributed by atoms with Crippen LogP contribution in [0.4, 0.5) is 17.1 Å². The molecule has 184 valence electrons. The van der Waals surface area contributed by atoms with Crippen LogP contribution in [0.1, 0.15) is 15.9 Å². The van der Waals surface area contributed by atoms with Crippen molar-refractivity contribution >= 4 is 40.5 Å². The van der Waals surface area contributed by atoms with Crippen molar-refractivity contribution in [2.75, 3.05) is 9.91 Å². The van der Waals surface area contributed by atoms with Crippen LogP contribution < -0.4 is 9.91 Å². The fraction of sp³-hybridized carbons (Fsp3) is 0.0968. The topological polar surface area (TPSA) is 73.3 Å². The van der Waals surface area contributed by atoms with Gasteiger partial charge in [0.2, 0.25) is 5.91 Å². The molecule has 38 heavy (non-hydrogen) atoms. The van der Waals surface area contributed by atoms with E-state index in [0.717, 1.165) is 5.56 Å². The number of carbonyl (C=O) groups is 3. The van der Waals surface area contributed by atoms with Gasteiger partial charge in [-0.25, -0.2) is 14.9 Å². The molecule has 3 heterocycles. The second-order valence-electron chi connectivity index (χ2n) is 9.47. The average molecular weight is 499 g/mol. The lowest BCUT2D eigenvalue weighted by molar-refractivity contribution is -0.123. The zero-order valence-corrected chi connectivity index (χ0v) is 20.2. The third-order valence-corrected chi connectivity index (χ3v) is 7.38. The lowest BCUT2D eigenvalue weighted by Crippen LogP contribution is -2.55. The molecule has 7 heteroatoms. The number of fused-ring (bicyclic) bond motifs is 5. The van der Waals surface area contributed by atoms with E-state index in [1.807, 2.05) is 71.7 Å². The van der Waals surface area contributed by atoms with Crippen molar-refractivity contribution in [1.82, 2.24) is 5.01 Å². The van der Waals surface area contributed by atoms with Gasteiger partial charge in [-0.1, -0.05) is 78.9 Å². The van der Waals surface area contributed by atoms with Crippen LogP contribution >= 0.6 is 0 Å². The Kier molecular flexibility index (Phi) is 4.97. The molecule has 0 aromatic heterocycles. The average Bonchev–Trinajstić information content (AvgIpc) is 3.46. The summed E-state index contributed by atoms with van der Waals surface area (Å²) in [4.78, 5) is 48.6. The third-order valence-electron chi connectivity index (χ3n) is 7.38. The Morgan fingerprint density at radius 2 is 1.26 bits per heavy atom. The highest BCUT2D eigenvalue weighted by Crippen LogP contribution is 2.49. The predicted octanol–water partition coefficient (Wildman–Crippen LogP) is 4.63. The van der Waals surface area contributed by atoms with Crippen LogP contribution in [0.25, 0.3) is 0 Å². The normalized spacial score (nSPS) is 21.6. The highest BCUT2D eigenvalue weighted by molar-refractivity contribution is 6.28. The quantitative estimate of drug-likeness (QED) is 0.386. The maximum atomic E-state index is 14.2. The fourth-order valence-corrected chi connectivity index (χ4v) is 5.78. The van der Waals surface area contributed by atoms with Crippen LogP contribution in [-0.2, 0) is 9.59 Å². The van der Waals surface area contributed by atoms with E-state index in [9.17, 15) is 14.4 Å². The van der Waals surface area contributed by atoms with Gasteiger partial charge in [0.1, 0.15) is 12.1 Å². The van der Waals surface area contributed by atoms with Crippen molar-refractivity contribution in [3.63, 3.8) is 0 Å². The first kappa shape index (κ1) is 22.2. The lowest BCUT2D eigenvalue weighted by atomic mass is 9.88. The first-order chi connectivity index (χ1) is 18.6. The molecule has 4 aromatic rings. The maximum absolute atomic E-state index is 14.2. The summed E-state index contributed by atoms with van der Waals surface area (Å²) in [5, 5.41) is 3.32. The lowest BCUT2D eigenvalue weighted by Gasteiger charge is -2.40. The molecule has 0 aliphatic carbocycles.